The number of amides is 1. The zero-order valence-electron chi connectivity index (χ0n) is 11.4. The minimum absolute atomic E-state index is 0.00667. The molecule has 1 aromatic heterocycles. The van der Waals surface area contributed by atoms with E-state index >= 15 is 0 Å². The van der Waals surface area contributed by atoms with Crippen LogP contribution in [0.5, 0.6) is 0 Å². The number of nitrogens with zero attached hydrogens (tertiary/aromatic N) is 2. The second kappa shape index (κ2) is 7.28. The fourth-order valence-corrected chi connectivity index (χ4v) is 2.68. The van der Waals surface area contributed by atoms with E-state index in [4.69, 9.17) is 5.73 Å². The van der Waals surface area contributed by atoms with Crippen molar-refractivity contribution in [2.45, 2.75) is 51.1 Å². The van der Waals surface area contributed by atoms with E-state index in [0.717, 1.165) is 38.6 Å². The second-order valence-electron chi connectivity index (χ2n) is 5.32. The van der Waals surface area contributed by atoms with Gasteiger partial charge in [0.15, 0.2) is 0 Å². The Morgan fingerprint density at radius 1 is 1.37 bits per heavy atom. The van der Waals surface area contributed by atoms with Crippen LogP contribution in [0.15, 0.2) is 18.5 Å². The number of rotatable bonds is 5. The van der Waals surface area contributed by atoms with E-state index in [-0.39, 0.29) is 17.9 Å². The largest absolute Gasteiger partial charge is 0.356 e. The maximum absolute atomic E-state index is 12.1. The highest BCUT2D eigenvalue weighted by atomic mass is 16.1. The summed E-state index contributed by atoms with van der Waals surface area (Å²) >= 11 is 0. The SMILES string of the molecule is NC1CCCCCC1C(=O)NCCCn1cccn1. The van der Waals surface area contributed by atoms with E-state index in [1.54, 1.807) is 6.20 Å². The Hall–Kier alpha value is -1.36. The summed E-state index contributed by atoms with van der Waals surface area (Å²) in [6.07, 6.45) is 10.00. The lowest BCUT2D eigenvalue weighted by Crippen LogP contribution is -2.41. The Balaban J connectivity index is 1.68. The topological polar surface area (TPSA) is 72.9 Å². The van der Waals surface area contributed by atoms with Gasteiger partial charge in [0, 0.05) is 31.5 Å². The van der Waals surface area contributed by atoms with Crippen molar-refractivity contribution in [3.8, 4) is 0 Å². The molecule has 19 heavy (non-hydrogen) atoms. The van der Waals surface area contributed by atoms with Crippen LogP contribution in [0.1, 0.15) is 38.5 Å². The molecule has 5 heteroatoms. The number of nitrogens with one attached hydrogen (secondary N) is 1. The van der Waals surface area contributed by atoms with Gasteiger partial charge in [-0.2, -0.15) is 5.10 Å². The van der Waals surface area contributed by atoms with Gasteiger partial charge in [0.05, 0.1) is 5.92 Å². The summed E-state index contributed by atoms with van der Waals surface area (Å²) in [4.78, 5) is 12.1. The lowest BCUT2D eigenvalue weighted by Gasteiger charge is -2.20. The molecule has 0 bridgehead atoms. The van der Waals surface area contributed by atoms with Crippen molar-refractivity contribution in [3.63, 3.8) is 0 Å². The van der Waals surface area contributed by atoms with Gasteiger partial charge in [-0.05, 0) is 25.3 Å². The second-order valence-corrected chi connectivity index (χ2v) is 5.32. The normalized spacial score (nSPS) is 23.8. The lowest BCUT2D eigenvalue weighted by molar-refractivity contribution is -0.125. The third-order valence-electron chi connectivity index (χ3n) is 3.83. The van der Waals surface area contributed by atoms with Gasteiger partial charge in [-0.1, -0.05) is 19.3 Å². The number of aryl methyl sites for hydroxylation is 1. The van der Waals surface area contributed by atoms with Crippen molar-refractivity contribution >= 4 is 5.91 Å². The van der Waals surface area contributed by atoms with Crippen molar-refractivity contribution in [2.75, 3.05) is 6.54 Å². The number of hydrogen-bond donors (Lipinski definition) is 2. The van der Waals surface area contributed by atoms with Crippen molar-refractivity contribution in [1.82, 2.24) is 15.1 Å². The highest BCUT2D eigenvalue weighted by Gasteiger charge is 2.26. The molecule has 0 saturated heterocycles. The third-order valence-corrected chi connectivity index (χ3v) is 3.83. The summed E-state index contributed by atoms with van der Waals surface area (Å²) < 4.78 is 1.88. The van der Waals surface area contributed by atoms with Crippen molar-refractivity contribution in [1.29, 1.82) is 0 Å². The molecule has 1 amide bonds. The minimum Gasteiger partial charge on any atom is -0.356 e. The molecule has 1 saturated carbocycles. The summed E-state index contributed by atoms with van der Waals surface area (Å²) in [5, 5.41) is 7.14. The van der Waals surface area contributed by atoms with Crippen LogP contribution in [-0.2, 0) is 11.3 Å². The average Bonchev–Trinajstić information content (AvgIpc) is 2.82. The van der Waals surface area contributed by atoms with Crippen LogP contribution in [0.2, 0.25) is 0 Å². The minimum atomic E-state index is 0.00667. The van der Waals surface area contributed by atoms with Crippen LogP contribution in [0, 0.1) is 5.92 Å². The molecular formula is C14H24N4O. The smallest absolute Gasteiger partial charge is 0.224 e. The zero-order chi connectivity index (χ0) is 13.5. The highest BCUT2D eigenvalue weighted by molar-refractivity contribution is 5.79. The average molecular weight is 264 g/mol. The standard InChI is InChI=1S/C14H24N4O/c15-13-7-3-1-2-6-12(13)14(19)16-8-4-10-18-11-5-9-17-18/h5,9,11-13H,1-4,6-8,10,15H2,(H,16,19). The zero-order valence-corrected chi connectivity index (χ0v) is 11.4. The first-order valence-electron chi connectivity index (χ1n) is 7.28. The molecule has 1 aliphatic rings. The highest BCUT2D eigenvalue weighted by Crippen LogP contribution is 2.22. The van der Waals surface area contributed by atoms with E-state index < -0.39 is 0 Å². The number of hydrogen-bond acceptors (Lipinski definition) is 3. The Morgan fingerprint density at radius 3 is 3.00 bits per heavy atom. The van der Waals surface area contributed by atoms with Crippen LogP contribution in [0.4, 0.5) is 0 Å². The molecular weight excluding hydrogens is 240 g/mol. The molecule has 2 unspecified atom stereocenters. The molecule has 106 valence electrons. The summed E-state index contributed by atoms with van der Waals surface area (Å²) in [6, 6.07) is 1.94. The first kappa shape index (κ1) is 14.1. The molecule has 0 aromatic carbocycles. The molecule has 3 N–H and O–H groups in total. The summed E-state index contributed by atoms with van der Waals surface area (Å²) in [7, 11) is 0. The fraction of sp³-hybridized carbons (Fsp3) is 0.714. The maximum atomic E-state index is 12.1. The number of aromatic nitrogens is 2. The quantitative estimate of drug-likeness (QED) is 0.622. The molecule has 1 heterocycles. The van der Waals surface area contributed by atoms with Crippen LogP contribution in [-0.4, -0.2) is 28.3 Å². The monoisotopic (exact) mass is 264 g/mol. The summed E-state index contributed by atoms with van der Waals surface area (Å²) in [6.45, 7) is 1.53. The van der Waals surface area contributed by atoms with E-state index in [2.05, 4.69) is 10.4 Å². The predicted octanol–water partition coefficient (Wildman–Crippen LogP) is 1.30. The Labute approximate surface area is 114 Å². The molecule has 5 nitrogen and oxygen atoms in total. The van der Waals surface area contributed by atoms with Crippen LogP contribution >= 0.6 is 0 Å². The molecule has 2 atom stereocenters. The van der Waals surface area contributed by atoms with Crippen LogP contribution < -0.4 is 11.1 Å². The molecule has 0 aliphatic heterocycles. The Kier molecular flexibility index (Phi) is 5.39. The Bertz CT molecular complexity index is 377. The van der Waals surface area contributed by atoms with Crippen molar-refractivity contribution < 1.29 is 4.79 Å². The van der Waals surface area contributed by atoms with Gasteiger partial charge in [0.25, 0.3) is 0 Å². The number of carbonyl (C=O) groups excluding carboxylic acids is 1. The molecule has 1 aliphatic carbocycles. The van der Waals surface area contributed by atoms with Gasteiger partial charge < -0.3 is 11.1 Å². The van der Waals surface area contributed by atoms with Gasteiger partial charge in [0.1, 0.15) is 0 Å². The molecule has 0 spiro atoms. The maximum Gasteiger partial charge on any atom is 0.224 e. The van der Waals surface area contributed by atoms with Gasteiger partial charge in [-0.15, -0.1) is 0 Å². The number of nitrogens with two attached hydrogens (primary N) is 1. The van der Waals surface area contributed by atoms with E-state index in [0.29, 0.717) is 6.54 Å². The van der Waals surface area contributed by atoms with Gasteiger partial charge in [-0.25, -0.2) is 0 Å². The Morgan fingerprint density at radius 2 is 2.21 bits per heavy atom. The van der Waals surface area contributed by atoms with Crippen molar-refractivity contribution in [3.05, 3.63) is 18.5 Å². The molecule has 1 fully saturated rings. The van der Waals surface area contributed by atoms with E-state index in [1.807, 2.05) is 16.9 Å². The van der Waals surface area contributed by atoms with Gasteiger partial charge >= 0.3 is 0 Å². The summed E-state index contributed by atoms with van der Waals surface area (Å²) in [5.41, 5.74) is 6.09. The molecule has 2 rings (SSSR count). The number of carbonyl (C=O) groups is 1. The molecule has 1 aromatic rings. The van der Waals surface area contributed by atoms with Crippen LogP contribution in [0.3, 0.4) is 0 Å². The van der Waals surface area contributed by atoms with E-state index in [1.165, 1.54) is 6.42 Å². The van der Waals surface area contributed by atoms with Gasteiger partial charge in [-0.3, -0.25) is 9.48 Å². The fourth-order valence-electron chi connectivity index (χ4n) is 2.68. The van der Waals surface area contributed by atoms with Crippen LogP contribution in [0.25, 0.3) is 0 Å². The predicted molar refractivity (Wildman–Crippen MR) is 74.4 cm³/mol. The van der Waals surface area contributed by atoms with E-state index in [9.17, 15) is 4.79 Å². The molecule has 0 radical (unpaired) electrons. The first-order valence-corrected chi connectivity index (χ1v) is 7.28. The van der Waals surface area contributed by atoms with Gasteiger partial charge in [0.2, 0.25) is 5.91 Å². The first-order chi connectivity index (χ1) is 9.27. The van der Waals surface area contributed by atoms with Crippen molar-refractivity contribution in [2.24, 2.45) is 11.7 Å². The summed E-state index contributed by atoms with van der Waals surface area (Å²) in [5.74, 6) is 0.141. The third kappa shape index (κ3) is 4.35. The lowest BCUT2D eigenvalue weighted by atomic mass is 9.94.